The maximum Gasteiger partial charge on any atom is 0.338 e. The van der Waals surface area contributed by atoms with Gasteiger partial charge in [-0.15, -0.1) is 10.2 Å². The fourth-order valence-corrected chi connectivity index (χ4v) is 5.57. The average molecular weight is 581 g/mol. The van der Waals surface area contributed by atoms with Crippen molar-refractivity contribution in [3.05, 3.63) is 105 Å². The van der Waals surface area contributed by atoms with Gasteiger partial charge in [0.25, 0.3) is 5.56 Å². The first-order valence-electron chi connectivity index (χ1n) is 13.9. The van der Waals surface area contributed by atoms with Crippen LogP contribution in [0.3, 0.4) is 0 Å². The van der Waals surface area contributed by atoms with E-state index in [0.29, 0.717) is 53.5 Å². The Kier molecular flexibility index (Phi) is 8.92. The Labute approximate surface area is 249 Å². The monoisotopic (exact) mass is 580 g/mol. The molecular formula is C32H32N6O3S. The Morgan fingerprint density at radius 3 is 2.67 bits per heavy atom. The molecule has 2 aromatic carbocycles. The van der Waals surface area contributed by atoms with Crippen LogP contribution in [0.5, 0.6) is 0 Å². The molecule has 5 rings (SSSR count). The number of nitrogens with one attached hydrogen (secondary N) is 1. The third-order valence-electron chi connectivity index (χ3n) is 7.46. The van der Waals surface area contributed by atoms with E-state index in [2.05, 4.69) is 32.5 Å². The number of hydrogen-bond acceptors (Lipinski definition) is 8. The van der Waals surface area contributed by atoms with Gasteiger partial charge in [0.05, 0.1) is 19.2 Å². The number of carbonyl (C=O) groups excluding carboxylic acids is 1. The Bertz CT molecular complexity index is 1740. The van der Waals surface area contributed by atoms with Gasteiger partial charge in [0.15, 0.2) is 0 Å². The van der Waals surface area contributed by atoms with Crippen LogP contribution < -0.4 is 5.56 Å². The number of benzene rings is 2. The van der Waals surface area contributed by atoms with Crippen molar-refractivity contribution in [2.75, 3.05) is 7.11 Å². The molecule has 2 heterocycles. The minimum atomic E-state index is -0.433. The zero-order valence-corrected chi connectivity index (χ0v) is 24.7. The second kappa shape index (κ2) is 12.9. The third kappa shape index (κ3) is 6.03. The summed E-state index contributed by atoms with van der Waals surface area (Å²) in [7, 11) is 1.36. The molecule has 0 aliphatic heterocycles. The molecule has 2 aromatic heterocycles. The van der Waals surface area contributed by atoms with Gasteiger partial charge in [-0.05, 0) is 47.7 Å². The van der Waals surface area contributed by atoms with Gasteiger partial charge in [-0.1, -0.05) is 80.2 Å². The molecule has 0 spiro atoms. The topological polar surface area (TPSA) is 116 Å². The average Bonchev–Trinajstić information content (AvgIpc) is 3.55. The maximum atomic E-state index is 13.5. The van der Waals surface area contributed by atoms with Crippen LogP contribution in [0.4, 0.5) is 0 Å². The first-order valence-corrected chi connectivity index (χ1v) is 14.3. The van der Waals surface area contributed by atoms with E-state index in [1.807, 2.05) is 66.1 Å². The number of tetrazole rings is 1. The summed E-state index contributed by atoms with van der Waals surface area (Å²) in [6, 6.07) is 16.1. The lowest BCUT2D eigenvalue weighted by atomic mass is 9.93. The third-order valence-corrected chi connectivity index (χ3v) is 7.87. The molecule has 214 valence electrons. The number of aromatic amines is 1. The van der Waals surface area contributed by atoms with E-state index >= 15 is 0 Å². The number of aromatic nitrogens is 6. The highest BCUT2D eigenvalue weighted by molar-refractivity contribution is 7.80. The van der Waals surface area contributed by atoms with Crippen molar-refractivity contribution in [2.45, 2.75) is 52.5 Å². The van der Waals surface area contributed by atoms with E-state index < -0.39 is 5.97 Å². The number of methoxy groups -OCH3 is 1. The largest absolute Gasteiger partial charge is 0.465 e. The summed E-state index contributed by atoms with van der Waals surface area (Å²) >= 11 is 5.68. The SMILES string of the molecule is CCCCc1c(Cc2ccc(-c3ccccc3)c(-c3nn[nH]n3)c2)c(=O)nc(C)n1CC1=C(C(=O)OC)C=CCC1=S. The van der Waals surface area contributed by atoms with E-state index in [1.54, 1.807) is 6.08 Å². The van der Waals surface area contributed by atoms with Crippen molar-refractivity contribution >= 4 is 23.1 Å². The van der Waals surface area contributed by atoms with Crippen LogP contribution in [-0.2, 0) is 28.9 Å². The van der Waals surface area contributed by atoms with Crippen LogP contribution in [0.2, 0.25) is 0 Å². The summed E-state index contributed by atoms with van der Waals surface area (Å²) in [5.74, 6) is 0.621. The first-order chi connectivity index (χ1) is 20.4. The van der Waals surface area contributed by atoms with Gasteiger partial charge in [-0.2, -0.15) is 10.2 Å². The summed E-state index contributed by atoms with van der Waals surface area (Å²) < 4.78 is 7.07. The molecule has 9 nitrogen and oxygen atoms in total. The molecule has 0 fully saturated rings. The van der Waals surface area contributed by atoms with E-state index in [0.717, 1.165) is 46.4 Å². The number of thiocarbonyl (C=S) groups is 1. The smallest absolute Gasteiger partial charge is 0.338 e. The van der Waals surface area contributed by atoms with Crippen molar-refractivity contribution < 1.29 is 9.53 Å². The predicted octanol–water partition coefficient (Wildman–Crippen LogP) is 5.13. The second-order valence-corrected chi connectivity index (χ2v) is 10.6. The van der Waals surface area contributed by atoms with Crippen LogP contribution in [0.15, 0.2) is 76.6 Å². The van der Waals surface area contributed by atoms with Crippen LogP contribution in [0.25, 0.3) is 22.5 Å². The molecular weight excluding hydrogens is 548 g/mol. The van der Waals surface area contributed by atoms with Crippen molar-refractivity contribution in [1.29, 1.82) is 0 Å². The molecule has 0 saturated carbocycles. The maximum absolute atomic E-state index is 13.5. The standard InChI is InChI=1S/C32H32N6O3S/c1-4-5-13-28-26(31(39)33-20(2)38(28)19-27-24(32(40)41-3)12-9-14-29(27)42)18-21-15-16-23(22-10-7-6-8-11-22)25(17-21)30-34-36-37-35-30/h6-12,15-17H,4-5,13-14,18-19H2,1-3H3,(H,34,35,36,37). The van der Waals surface area contributed by atoms with Crippen LogP contribution >= 0.6 is 12.2 Å². The van der Waals surface area contributed by atoms with Crippen molar-refractivity contribution in [1.82, 2.24) is 30.2 Å². The Morgan fingerprint density at radius 1 is 1.14 bits per heavy atom. The number of hydrogen-bond donors (Lipinski definition) is 1. The zero-order chi connectivity index (χ0) is 29.6. The molecule has 10 heteroatoms. The molecule has 0 saturated heterocycles. The van der Waals surface area contributed by atoms with Crippen molar-refractivity contribution in [3.63, 3.8) is 0 Å². The fraction of sp³-hybridized carbons (Fsp3) is 0.281. The Balaban J connectivity index is 1.62. The predicted molar refractivity (Wildman–Crippen MR) is 165 cm³/mol. The number of esters is 1. The van der Waals surface area contributed by atoms with E-state index in [4.69, 9.17) is 17.0 Å². The number of aryl methyl sites for hydroxylation is 1. The normalized spacial score (nSPS) is 13.1. The summed E-state index contributed by atoms with van der Waals surface area (Å²) in [4.78, 5) is 31.2. The van der Waals surface area contributed by atoms with Crippen LogP contribution in [-0.4, -0.2) is 48.1 Å². The summed E-state index contributed by atoms with van der Waals surface area (Å²) in [6.45, 7) is 4.28. The quantitative estimate of drug-likeness (QED) is 0.203. The summed E-state index contributed by atoms with van der Waals surface area (Å²) in [5.41, 5.74) is 6.17. The molecule has 0 atom stereocenters. The highest BCUT2D eigenvalue weighted by Crippen LogP contribution is 2.32. The highest BCUT2D eigenvalue weighted by atomic mass is 32.1. The van der Waals surface area contributed by atoms with Crippen LogP contribution in [0.1, 0.15) is 48.8 Å². The number of nitrogens with zero attached hydrogens (tertiary/aromatic N) is 5. The molecule has 0 amide bonds. The molecule has 0 unspecified atom stereocenters. The number of rotatable bonds is 10. The molecule has 0 radical (unpaired) electrons. The molecule has 42 heavy (non-hydrogen) atoms. The highest BCUT2D eigenvalue weighted by Gasteiger charge is 2.24. The fourth-order valence-electron chi connectivity index (χ4n) is 5.30. The lowest BCUT2D eigenvalue weighted by Gasteiger charge is -2.23. The van der Waals surface area contributed by atoms with Crippen LogP contribution in [0, 0.1) is 6.92 Å². The molecule has 0 bridgehead atoms. The molecule has 1 aliphatic rings. The van der Waals surface area contributed by atoms with E-state index in [9.17, 15) is 9.59 Å². The summed E-state index contributed by atoms with van der Waals surface area (Å²) in [5, 5.41) is 14.8. The van der Waals surface area contributed by atoms with Crippen molar-refractivity contribution in [2.24, 2.45) is 0 Å². The van der Waals surface area contributed by atoms with E-state index in [1.165, 1.54) is 7.11 Å². The molecule has 4 aromatic rings. The number of allylic oxidation sites excluding steroid dienone is 2. The Hall–Kier alpha value is -4.57. The Morgan fingerprint density at radius 2 is 1.95 bits per heavy atom. The van der Waals surface area contributed by atoms with Gasteiger partial charge >= 0.3 is 5.97 Å². The number of carbonyl (C=O) groups is 1. The summed E-state index contributed by atoms with van der Waals surface area (Å²) in [6.07, 6.45) is 7.12. The second-order valence-electron chi connectivity index (χ2n) is 10.2. The number of unbranched alkanes of at least 4 members (excludes halogenated alkanes) is 1. The van der Waals surface area contributed by atoms with Gasteiger partial charge in [0.1, 0.15) is 5.82 Å². The minimum Gasteiger partial charge on any atom is -0.465 e. The lowest BCUT2D eigenvalue weighted by Crippen LogP contribution is -2.28. The van der Waals surface area contributed by atoms with Gasteiger partial charge in [-0.3, -0.25) is 4.79 Å². The lowest BCUT2D eigenvalue weighted by molar-refractivity contribution is -0.135. The number of ether oxygens (including phenoxy) is 1. The molecule has 1 aliphatic carbocycles. The zero-order valence-electron chi connectivity index (χ0n) is 23.9. The van der Waals surface area contributed by atoms with Gasteiger partial charge < -0.3 is 9.30 Å². The van der Waals surface area contributed by atoms with Gasteiger partial charge in [0.2, 0.25) is 5.82 Å². The minimum absolute atomic E-state index is 0.253. The molecule has 1 N–H and O–H groups in total. The first kappa shape index (κ1) is 28.9. The van der Waals surface area contributed by atoms with Gasteiger partial charge in [-0.25, -0.2) is 4.79 Å². The number of H-pyrrole nitrogens is 1. The van der Waals surface area contributed by atoms with Gasteiger partial charge in [0, 0.05) is 40.1 Å². The van der Waals surface area contributed by atoms with E-state index in [-0.39, 0.29) is 5.56 Å². The van der Waals surface area contributed by atoms with Crippen molar-refractivity contribution in [3.8, 4) is 22.5 Å².